The van der Waals surface area contributed by atoms with Crippen LogP contribution < -0.4 is 14.8 Å². The summed E-state index contributed by atoms with van der Waals surface area (Å²) in [6.45, 7) is 0. The molecule has 0 aliphatic rings. The molecule has 0 unspecified atom stereocenters. The molecule has 0 fully saturated rings. The fourth-order valence-corrected chi connectivity index (χ4v) is 3.23. The van der Waals surface area contributed by atoms with Gasteiger partial charge in [0.05, 0.1) is 32.0 Å². The second kappa shape index (κ2) is 7.97. The highest BCUT2D eigenvalue weighted by molar-refractivity contribution is 7.13. The molecule has 0 spiro atoms. The lowest BCUT2D eigenvalue weighted by molar-refractivity contribution is -0.115. The highest BCUT2D eigenvalue weighted by Gasteiger charge is 2.12. The van der Waals surface area contributed by atoms with Crippen molar-refractivity contribution in [1.29, 1.82) is 0 Å². The second-order valence-electron chi connectivity index (χ2n) is 5.42. The lowest BCUT2D eigenvalue weighted by Gasteiger charge is -2.08. The molecule has 1 amide bonds. The number of halogens is 1. The average Bonchev–Trinajstić information content (AvgIpc) is 3.11. The van der Waals surface area contributed by atoms with Crippen LogP contribution in [0, 0.1) is 5.82 Å². The maximum Gasteiger partial charge on any atom is 0.230 e. The number of hydrogen-bond acceptors (Lipinski definition) is 5. The van der Waals surface area contributed by atoms with Crippen LogP contribution in [0.3, 0.4) is 0 Å². The molecule has 0 aliphatic heterocycles. The number of thiazole rings is 1. The Morgan fingerprint density at radius 1 is 1.15 bits per heavy atom. The first kappa shape index (κ1) is 17.9. The van der Waals surface area contributed by atoms with Crippen molar-refractivity contribution in [3.05, 3.63) is 59.4 Å². The van der Waals surface area contributed by atoms with Crippen molar-refractivity contribution in [2.24, 2.45) is 0 Å². The highest BCUT2D eigenvalue weighted by atomic mass is 32.1. The summed E-state index contributed by atoms with van der Waals surface area (Å²) in [5.41, 5.74) is 1.65. The van der Waals surface area contributed by atoms with Crippen LogP contribution in [0.5, 0.6) is 11.5 Å². The summed E-state index contributed by atoms with van der Waals surface area (Å²) < 4.78 is 24.1. The molecule has 3 rings (SSSR count). The molecule has 0 bridgehead atoms. The molecule has 3 aromatic rings. The normalized spacial score (nSPS) is 10.4. The van der Waals surface area contributed by atoms with Gasteiger partial charge in [-0.2, -0.15) is 0 Å². The van der Waals surface area contributed by atoms with Crippen molar-refractivity contribution in [3.8, 4) is 22.1 Å². The third-order valence-electron chi connectivity index (χ3n) is 3.67. The van der Waals surface area contributed by atoms with E-state index in [-0.39, 0.29) is 18.0 Å². The molecule has 0 aliphatic carbocycles. The molecule has 134 valence electrons. The molecule has 7 heteroatoms. The van der Waals surface area contributed by atoms with Crippen LogP contribution in [0.4, 0.5) is 10.1 Å². The summed E-state index contributed by atoms with van der Waals surface area (Å²) in [5, 5.41) is 5.13. The van der Waals surface area contributed by atoms with Crippen LogP contribution in [0.1, 0.15) is 5.69 Å². The van der Waals surface area contributed by atoms with E-state index < -0.39 is 5.82 Å². The number of ether oxygens (including phenoxy) is 2. The molecule has 26 heavy (non-hydrogen) atoms. The predicted molar refractivity (Wildman–Crippen MR) is 99.4 cm³/mol. The minimum atomic E-state index is -0.467. The van der Waals surface area contributed by atoms with E-state index in [0.717, 1.165) is 10.6 Å². The summed E-state index contributed by atoms with van der Waals surface area (Å²) in [6, 6.07) is 11.6. The van der Waals surface area contributed by atoms with Gasteiger partial charge in [0.15, 0.2) is 11.5 Å². The van der Waals surface area contributed by atoms with Gasteiger partial charge in [-0.15, -0.1) is 11.3 Å². The maximum absolute atomic E-state index is 13.6. The molecule has 1 heterocycles. The van der Waals surface area contributed by atoms with Gasteiger partial charge in [0, 0.05) is 10.9 Å². The van der Waals surface area contributed by atoms with Crippen molar-refractivity contribution >= 4 is 22.9 Å². The third kappa shape index (κ3) is 4.00. The maximum atomic E-state index is 13.6. The van der Waals surface area contributed by atoms with E-state index in [0.29, 0.717) is 17.2 Å². The monoisotopic (exact) mass is 372 g/mol. The number of carbonyl (C=O) groups is 1. The molecule has 0 saturated carbocycles. The predicted octanol–water partition coefficient (Wildman–Crippen LogP) is 4.15. The second-order valence-corrected chi connectivity index (χ2v) is 6.28. The molecule has 5 nitrogen and oxygen atoms in total. The lowest BCUT2D eigenvalue weighted by Crippen LogP contribution is -2.15. The summed E-state index contributed by atoms with van der Waals surface area (Å²) in [4.78, 5) is 16.6. The van der Waals surface area contributed by atoms with E-state index >= 15 is 0 Å². The minimum absolute atomic E-state index is 0.0676. The molecular formula is C19H17FN2O3S. The number of anilines is 1. The molecule has 0 atom stereocenters. The van der Waals surface area contributed by atoms with Crippen molar-refractivity contribution in [3.63, 3.8) is 0 Å². The molecule has 1 aromatic heterocycles. The Kier molecular flexibility index (Phi) is 5.48. The van der Waals surface area contributed by atoms with Crippen LogP contribution >= 0.6 is 11.3 Å². The molecule has 1 N–H and O–H groups in total. The molecule has 2 aromatic carbocycles. The van der Waals surface area contributed by atoms with Gasteiger partial charge in [-0.05, 0) is 30.3 Å². The number of nitrogens with zero attached hydrogens (tertiary/aromatic N) is 1. The van der Waals surface area contributed by atoms with Crippen LogP contribution in [0.2, 0.25) is 0 Å². The first-order chi connectivity index (χ1) is 12.6. The third-order valence-corrected chi connectivity index (χ3v) is 4.61. The number of hydrogen-bond donors (Lipinski definition) is 1. The molecular weight excluding hydrogens is 355 g/mol. The Labute approximate surface area is 154 Å². The first-order valence-corrected chi connectivity index (χ1v) is 8.70. The minimum Gasteiger partial charge on any atom is -0.493 e. The summed E-state index contributed by atoms with van der Waals surface area (Å²) in [5.74, 6) is 0.459. The smallest absolute Gasteiger partial charge is 0.230 e. The summed E-state index contributed by atoms with van der Waals surface area (Å²) in [6.07, 6.45) is 0.0676. The van der Waals surface area contributed by atoms with Gasteiger partial charge in [0.2, 0.25) is 5.91 Å². The van der Waals surface area contributed by atoms with E-state index in [1.165, 1.54) is 23.5 Å². The van der Waals surface area contributed by atoms with E-state index in [1.54, 1.807) is 32.4 Å². The van der Waals surface area contributed by atoms with Gasteiger partial charge < -0.3 is 14.8 Å². The Balaban J connectivity index is 1.72. The number of amides is 1. The zero-order valence-electron chi connectivity index (χ0n) is 14.3. The number of aromatic nitrogens is 1. The number of carbonyl (C=O) groups excluding carboxylic acids is 1. The Morgan fingerprint density at radius 2 is 1.92 bits per heavy atom. The van der Waals surface area contributed by atoms with Gasteiger partial charge in [-0.1, -0.05) is 12.1 Å². The van der Waals surface area contributed by atoms with Crippen molar-refractivity contribution < 1.29 is 18.7 Å². The largest absolute Gasteiger partial charge is 0.493 e. The van der Waals surface area contributed by atoms with Crippen molar-refractivity contribution in [2.45, 2.75) is 6.42 Å². The van der Waals surface area contributed by atoms with Gasteiger partial charge in [0.25, 0.3) is 0 Å². The van der Waals surface area contributed by atoms with Crippen LogP contribution in [0.25, 0.3) is 10.6 Å². The van der Waals surface area contributed by atoms with Gasteiger partial charge in [-0.3, -0.25) is 4.79 Å². The van der Waals surface area contributed by atoms with Crippen LogP contribution in [0.15, 0.2) is 47.8 Å². The van der Waals surface area contributed by atoms with Crippen molar-refractivity contribution in [1.82, 2.24) is 4.98 Å². The summed E-state index contributed by atoms with van der Waals surface area (Å²) in [7, 11) is 3.15. The van der Waals surface area contributed by atoms with Gasteiger partial charge in [0.1, 0.15) is 10.8 Å². The Morgan fingerprint density at radius 3 is 2.65 bits per heavy atom. The van der Waals surface area contributed by atoms with E-state index in [2.05, 4.69) is 10.3 Å². The van der Waals surface area contributed by atoms with Gasteiger partial charge >= 0.3 is 0 Å². The average molecular weight is 372 g/mol. The van der Waals surface area contributed by atoms with E-state index in [9.17, 15) is 9.18 Å². The quantitative estimate of drug-likeness (QED) is 0.706. The lowest BCUT2D eigenvalue weighted by atomic mass is 10.2. The van der Waals surface area contributed by atoms with E-state index in [1.807, 2.05) is 17.5 Å². The zero-order chi connectivity index (χ0) is 18.5. The van der Waals surface area contributed by atoms with Gasteiger partial charge in [-0.25, -0.2) is 9.37 Å². The summed E-state index contributed by atoms with van der Waals surface area (Å²) >= 11 is 1.43. The Hall–Kier alpha value is -2.93. The highest BCUT2D eigenvalue weighted by Crippen LogP contribution is 2.33. The molecule has 0 radical (unpaired) electrons. The fourth-order valence-electron chi connectivity index (χ4n) is 2.41. The number of rotatable bonds is 6. The number of methoxy groups -OCH3 is 2. The first-order valence-electron chi connectivity index (χ1n) is 7.82. The van der Waals surface area contributed by atoms with Crippen LogP contribution in [-0.2, 0) is 11.2 Å². The number of para-hydroxylation sites is 1. The van der Waals surface area contributed by atoms with Crippen molar-refractivity contribution in [2.75, 3.05) is 19.5 Å². The fraction of sp³-hybridized carbons (Fsp3) is 0.158. The SMILES string of the molecule is COc1ccc(-c2nc(CC(=O)Nc3ccccc3F)cs2)cc1OC. The molecule has 0 saturated heterocycles. The standard InChI is InChI=1S/C19H17FN2O3S/c1-24-16-8-7-12(9-17(16)25-2)19-21-13(11-26-19)10-18(23)22-15-6-4-3-5-14(15)20/h3-9,11H,10H2,1-2H3,(H,22,23). The number of benzene rings is 2. The topological polar surface area (TPSA) is 60.5 Å². The zero-order valence-corrected chi connectivity index (χ0v) is 15.1. The van der Waals surface area contributed by atoms with Crippen LogP contribution in [-0.4, -0.2) is 25.1 Å². The number of nitrogens with one attached hydrogen (secondary N) is 1. The Bertz CT molecular complexity index is 927. The van der Waals surface area contributed by atoms with E-state index in [4.69, 9.17) is 9.47 Å².